The fourth-order valence-electron chi connectivity index (χ4n) is 4.31. The summed E-state index contributed by atoms with van der Waals surface area (Å²) in [6, 6.07) is 15.0. The van der Waals surface area contributed by atoms with Crippen molar-refractivity contribution in [3.63, 3.8) is 0 Å². The molecule has 1 aliphatic rings. The molecule has 7 heteroatoms. The van der Waals surface area contributed by atoms with Crippen LogP contribution in [0.4, 0.5) is 4.39 Å². The fraction of sp³-hybridized carbons (Fsp3) is 0.308. The molecule has 0 N–H and O–H groups in total. The Bertz CT molecular complexity index is 1150. The number of carbonyl (C=O) groups excluding carboxylic acids is 2. The SMILES string of the molecule is CC(C)CN(CC(=O)N1CCc2sccc2C1c1ccc(Cl)cc1)C(=O)c1cccc(F)c1. The second-order valence-electron chi connectivity index (χ2n) is 8.68. The first-order valence-electron chi connectivity index (χ1n) is 11.0. The van der Waals surface area contributed by atoms with Crippen molar-refractivity contribution in [2.75, 3.05) is 19.6 Å². The summed E-state index contributed by atoms with van der Waals surface area (Å²) in [5.41, 5.74) is 2.35. The molecular weight excluding hydrogens is 459 g/mol. The Kier molecular flexibility index (Phi) is 7.15. The number of benzene rings is 2. The van der Waals surface area contributed by atoms with E-state index in [4.69, 9.17) is 11.6 Å². The molecule has 4 rings (SSSR count). The average molecular weight is 485 g/mol. The standard InChI is InChI=1S/C26H26ClFN2O2S/c1-17(2)15-29(26(32)19-4-3-5-21(28)14-19)16-24(31)30-12-10-23-22(11-13-33-23)25(30)18-6-8-20(27)9-7-18/h3-9,11,13-14,17,25H,10,12,15-16H2,1-2H3. The quantitative estimate of drug-likeness (QED) is 0.442. The lowest BCUT2D eigenvalue weighted by atomic mass is 9.93. The van der Waals surface area contributed by atoms with Crippen LogP contribution in [0.3, 0.4) is 0 Å². The lowest BCUT2D eigenvalue weighted by Crippen LogP contribution is -2.47. The molecule has 0 fully saturated rings. The van der Waals surface area contributed by atoms with E-state index in [9.17, 15) is 14.0 Å². The number of rotatable bonds is 6. The lowest BCUT2D eigenvalue weighted by molar-refractivity contribution is -0.134. The number of hydrogen-bond acceptors (Lipinski definition) is 3. The number of halogens is 2. The van der Waals surface area contributed by atoms with Crippen LogP contribution in [-0.2, 0) is 11.2 Å². The van der Waals surface area contributed by atoms with Gasteiger partial charge in [-0.2, -0.15) is 0 Å². The molecule has 1 atom stereocenters. The summed E-state index contributed by atoms with van der Waals surface area (Å²) in [5.74, 6) is -0.780. The molecule has 33 heavy (non-hydrogen) atoms. The van der Waals surface area contributed by atoms with Crippen LogP contribution in [0.25, 0.3) is 0 Å². The van der Waals surface area contributed by atoms with E-state index in [1.165, 1.54) is 28.0 Å². The molecular formula is C26H26ClFN2O2S. The summed E-state index contributed by atoms with van der Waals surface area (Å²) in [7, 11) is 0. The van der Waals surface area contributed by atoms with Crippen LogP contribution >= 0.6 is 22.9 Å². The minimum Gasteiger partial charge on any atom is -0.330 e. The second kappa shape index (κ2) is 10.1. The molecule has 0 saturated heterocycles. The molecule has 4 nitrogen and oxygen atoms in total. The molecule has 2 heterocycles. The predicted octanol–water partition coefficient (Wildman–Crippen LogP) is 5.81. The van der Waals surface area contributed by atoms with Gasteiger partial charge < -0.3 is 9.80 Å². The van der Waals surface area contributed by atoms with Crippen molar-refractivity contribution in [1.29, 1.82) is 0 Å². The number of carbonyl (C=O) groups is 2. The third-order valence-corrected chi connectivity index (χ3v) is 6.99. The Morgan fingerprint density at radius 1 is 1.18 bits per heavy atom. The molecule has 172 valence electrons. The summed E-state index contributed by atoms with van der Waals surface area (Å²) < 4.78 is 13.7. The van der Waals surface area contributed by atoms with Gasteiger partial charge in [0.25, 0.3) is 5.91 Å². The highest BCUT2D eigenvalue weighted by Gasteiger charge is 2.34. The van der Waals surface area contributed by atoms with Gasteiger partial charge in [0.1, 0.15) is 12.4 Å². The first-order chi connectivity index (χ1) is 15.8. The van der Waals surface area contributed by atoms with Crippen molar-refractivity contribution in [3.8, 4) is 0 Å². The van der Waals surface area contributed by atoms with Crippen LogP contribution in [0.1, 0.15) is 46.3 Å². The zero-order chi connectivity index (χ0) is 23.5. The molecule has 1 unspecified atom stereocenters. The predicted molar refractivity (Wildman–Crippen MR) is 130 cm³/mol. The smallest absolute Gasteiger partial charge is 0.254 e. The van der Waals surface area contributed by atoms with E-state index in [2.05, 4.69) is 11.4 Å². The van der Waals surface area contributed by atoms with Crippen LogP contribution in [0.15, 0.2) is 60.0 Å². The third-order valence-electron chi connectivity index (χ3n) is 5.74. The Morgan fingerprint density at radius 3 is 2.64 bits per heavy atom. The van der Waals surface area contributed by atoms with Gasteiger partial charge in [-0.25, -0.2) is 4.39 Å². The molecule has 2 aromatic carbocycles. The number of thiophene rings is 1. The summed E-state index contributed by atoms with van der Waals surface area (Å²) in [6.45, 7) is 4.90. The molecule has 0 saturated carbocycles. The first kappa shape index (κ1) is 23.5. The molecule has 0 radical (unpaired) electrons. The summed E-state index contributed by atoms with van der Waals surface area (Å²) in [6.07, 6.45) is 0.783. The van der Waals surface area contributed by atoms with Gasteiger partial charge in [-0.05, 0) is 65.2 Å². The average Bonchev–Trinajstić information content (AvgIpc) is 3.27. The van der Waals surface area contributed by atoms with Crippen molar-refractivity contribution in [1.82, 2.24) is 9.80 Å². The van der Waals surface area contributed by atoms with Gasteiger partial charge in [0.2, 0.25) is 5.91 Å². The Labute approximate surface area is 202 Å². The van der Waals surface area contributed by atoms with E-state index in [0.717, 1.165) is 17.5 Å². The molecule has 3 aromatic rings. The van der Waals surface area contributed by atoms with Crippen molar-refractivity contribution >= 4 is 34.8 Å². The van der Waals surface area contributed by atoms with Crippen LogP contribution in [0, 0.1) is 11.7 Å². The highest BCUT2D eigenvalue weighted by molar-refractivity contribution is 7.10. The topological polar surface area (TPSA) is 40.6 Å². The monoisotopic (exact) mass is 484 g/mol. The van der Waals surface area contributed by atoms with Crippen LogP contribution in [-0.4, -0.2) is 41.2 Å². The van der Waals surface area contributed by atoms with Gasteiger partial charge in [0.05, 0.1) is 6.04 Å². The largest absolute Gasteiger partial charge is 0.330 e. The number of hydrogen-bond donors (Lipinski definition) is 0. The van der Waals surface area contributed by atoms with Gasteiger partial charge >= 0.3 is 0 Å². The minimum absolute atomic E-state index is 0.0584. The first-order valence-corrected chi connectivity index (χ1v) is 12.2. The van der Waals surface area contributed by atoms with Crippen LogP contribution in [0.5, 0.6) is 0 Å². The van der Waals surface area contributed by atoms with Gasteiger partial charge in [-0.3, -0.25) is 9.59 Å². The zero-order valence-electron chi connectivity index (χ0n) is 18.6. The number of nitrogens with zero attached hydrogens (tertiary/aromatic N) is 2. The van der Waals surface area contributed by atoms with Crippen molar-refractivity contribution in [3.05, 3.63) is 92.4 Å². The van der Waals surface area contributed by atoms with Gasteiger partial charge in [0.15, 0.2) is 0 Å². The molecule has 0 aliphatic carbocycles. The van der Waals surface area contributed by atoms with E-state index < -0.39 is 5.82 Å². The van der Waals surface area contributed by atoms with Crippen LogP contribution < -0.4 is 0 Å². The molecule has 0 bridgehead atoms. The van der Waals surface area contributed by atoms with Gasteiger partial charge in [-0.15, -0.1) is 11.3 Å². The highest BCUT2D eigenvalue weighted by Crippen LogP contribution is 2.38. The number of fused-ring (bicyclic) bond motifs is 1. The summed E-state index contributed by atoms with van der Waals surface area (Å²) >= 11 is 7.80. The summed E-state index contributed by atoms with van der Waals surface area (Å²) in [4.78, 5) is 31.4. The Morgan fingerprint density at radius 2 is 1.94 bits per heavy atom. The van der Waals surface area contributed by atoms with Crippen molar-refractivity contribution < 1.29 is 14.0 Å². The van der Waals surface area contributed by atoms with Crippen molar-refractivity contribution in [2.24, 2.45) is 5.92 Å². The Balaban J connectivity index is 1.62. The van der Waals surface area contributed by atoms with Crippen LogP contribution in [0.2, 0.25) is 5.02 Å². The van der Waals surface area contributed by atoms with Crippen molar-refractivity contribution in [2.45, 2.75) is 26.3 Å². The van der Waals surface area contributed by atoms with E-state index in [1.807, 2.05) is 43.0 Å². The maximum atomic E-state index is 13.7. The highest BCUT2D eigenvalue weighted by atomic mass is 35.5. The zero-order valence-corrected chi connectivity index (χ0v) is 20.2. The van der Waals surface area contributed by atoms with E-state index in [0.29, 0.717) is 18.1 Å². The normalized spacial score (nSPS) is 15.4. The van der Waals surface area contributed by atoms with Gasteiger partial charge in [-0.1, -0.05) is 43.6 Å². The maximum Gasteiger partial charge on any atom is 0.254 e. The second-order valence-corrected chi connectivity index (χ2v) is 10.1. The fourth-order valence-corrected chi connectivity index (χ4v) is 5.34. The molecule has 0 spiro atoms. The number of amides is 2. The molecule has 1 aliphatic heterocycles. The van der Waals surface area contributed by atoms with E-state index >= 15 is 0 Å². The minimum atomic E-state index is -0.472. The molecule has 1 aromatic heterocycles. The van der Waals surface area contributed by atoms with E-state index in [1.54, 1.807) is 17.4 Å². The Hall–Kier alpha value is -2.70. The maximum absolute atomic E-state index is 13.7. The molecule has 2 amide bonds. The van der Waals surface area contributed by atoms with Gasteiger partial charge in [0, 0.05) is 28.6 Å². The van der Waals surface area contributed by atoms with E-state index in [-0.39, 0.29) is 35.9 Å². The third kappa shape index (κ3) is 5.28. The summed E-state index contributed by atoms with van der Waals surface area (Å²) in [5, 5.41) is 2.70. The lowest BCUT2D eigenvalue weighted by Gasteiger charge is -2.38.